The fourth-order valence-corrected chi connectivity index (χ4v) is 1.68. The molecule has 0 atom stereocenters. The van der Waals surface area contributed by atoms with E-state index in [4.69, 9.17) is 9.84 Å². The van der Waals surface area contributed by atoms with Crippen LogP contribution >= 0.6 is 0 Å². The van der Waals surface area contributed by atoms with Gasteiger partial charge in [-0.15, -0.1) is 0 Å². The van der Waals surface area contributed by atoms with Gasteiger partial charge in [0.2, 0.25) is 5.88 Å². The molecule has 2 N–H and O–H groups in total. The molecule has 6 heteroatoms. The van der Waals surface area contributed by atoms with Gasteiger partial charge in [-0.2, -0.15) is 0 Å². The van der Waals surface area contributed by atoms with Gasteiger partial charge >= 0.3 is 11.7 Å². The number of carbonyl (C=O) groups is 1. The Kier molecular flexibility index (Phi) is 2.49. The fraction of sp³-hybridized carbons (Fsp3) is 0.556. The molecular formula is C9H12N2O4. The highest BCUT2D eigenvalue weighted by Gasteiger charge is 2.20. The topological polar surface area (TPSA) is 84.3 Å². The number of ether oxygens (including phenoxy) is 1. The molecule has 0 radical (unpaired) electrons. The third kappa shape index (κ3) is 1.88. The molecule has 15 heavy (non-hydrogen) atoms. The third-order valence-electron chi connectivity index (χ3n) is 2.37. The quantitative estimate of drug-likeness (QED) is 0.734. The van der Waals surface area contributed by atoms with Gasteiger partial charge in [0, 0.05) is 19.4 Å². The van der Waals surface area contributed by atoms with Crippen molar-refractivity contribution in [1.29, 1.82) is 0 Å². The maximum absolute atomic E-state index is 11.4. The Bertz CT molecular complexity index is 432. The molecule has 1 aliphatic heterocycles. The van der Waals surface area contributed by atoms with Gasteiger partial charge in [-0.05, 0) is 6.42 Å². The van der Waals surface area contributed by atoms with Crippen LogP contribution in [0.1, 0.15) is 18.5 Å². The van der Waals surface area contributed by atoms with Crippen LogP contribution in [0.5, 0.6) is 5.88 Å². The van der Waals surface area contributed by atoms with Crippen LogP contribution in [-0.4, -0.2) is 27.2 Å². The molecule has 0 amide bonds. The molecule has 2 heterocycles. The summed E-state index contributed by atoms with van der Waals surface area (Å²) in [6, 6.07) is 0. The summed E-state index contributed by atoms with van der Waals surface area (Å²) >= 11 is 0. The van der Waals surface area contributed by atoms with Gasteiger partial charge in [0.25, 0.3) is 0 Å². The molecule has 0 aromatic carbocycles. The molecule has 0 aliphatic carbocycles. The van der Waals surface area contributed by atoms with Gasteiger partial charge in [0.15, 0.2) is 0 Å². The monoisotopic (exact) mass is 212 g/mol. The number of nitrogens with one attached hydrogen (secondary N) is 1. The second kappa shape index (κ2) is 3.80. The van der Waals surface area contributed by atoms with Gasteiger partial charge < -0.3 is 14.8 Å². The highest BCUT2D eigenvalue weighted by Crippen LogP contribution is 2.21. The number of aliphatic carboxylic acids is 1. The van der Waals surface area contributed by atoms with E-state index in [2.05, 4.69) is 4.98 Å². The van der Waals surface area contributed by atoms with Gasteiger partial charge in [-0.25, -0.2) is 4.79 Å². The maximum atomic E-state index is 11.4. The Balaban J connectivity index is 2.08. The van der Waals surface area contributed by atoms with Crippen LogP contribution in [0.2, 0.25) is 0 Å². The minimum atomic E-state index is -0.851. The van der Waals surface area contributed by atoms with Crippen LogP contribution in [0.15, 0.2) is 4.79 Å². The molecule has 0 saturated heterocycles. The Labute approximate surface area is 85.5 Å². The smallest absolute Gasteiger partial charge is 0.328 e. The van der Waals surface area contributed by atoms with Crippen LogP contribution in [0.4, 0.5) is 0 Å². The Hall–Kier alpha value is -1.72. The number of rotatable bonds is 4. The van der Waals surface area contributed by atoms with E-state index in [9.17, 15) is 9.59 Å². The predicted octanol–water partition coefficient (Wildman–Crippen LogP) is -0.0239. The highest BCUT2D eigenvalue weighted by atomic mass is 16.5. The number of nitrogens with zero attached hydrogens (tertiary/aromatic N) is 1. The molecule has 1 aliphatic rings. The van der Waals surface area contributed by atoms with E-state index in [1.807, 2.05) is 0 Å². The van der Waals surface area contributed by atoms with Crippen molar-refractivity contribution >= 4 is 5.97 Å². The summed E-state index contributed by atoms with van der Waals surface area (Å²) in [5.74, 6) is -0.276. The van der Waals surface area contributed by atoms with Crippen molar-refractivity contribution in [2.24, 2.45) is 0 Å². The summed E-state index contributed by atoms with van der Waals surface area (Å²) in [4.78, 5) is 24.4. The SMILES string of the molecule is O=C(O)CCCn1c2c([nH]c1=O)CCO2. The lowest BCUT2D eigenvalue weighted by molar-refractivity contribution is -0.137. The number of H-pyrrole nitrogens is 1. The van der Waals surface area contributed by atoms with Gasteiger partial charge in [-0.1, -0.05) is 0 Å². The molecule has 0 unspecified atom stereocenters. The van der Waals surface area contributed by atoms with Crippen molar-refractivity contribution in [3.63, 3.8) is 0 Å². The van der Waals surface area contributed by atoms with Gasteiger partial charge in [-0.3, -0.25) is 9.36 Å². The third-order valence-corrected chi connectivity index (χ3v) is 2.37. The average Bonchev–Trinajstić information content (AvgIpc) is 2.68. The van der Waals surface area contributed by atoms with Crippen molar-refractivity contribution in [1.82, 2.24) is 9.55 Å². The molecule has 6 nitrogen and oxygen atoms in total. The minimum absolute atomic E-state index is 0.0619. The Morgan fingerprint density at radius 2 is 2.40 bits per heavy atom. The zero-order valence-electron chi connectivity index (χ0n) is 8.15. The lowest BCUT2D eigenvalue weighted by atomic mass is 10.3. The predicted molar refractivity (Wildman–Crippen MR) is 51.1 cm³/mol. The number of carboxylic acids is 1. The number of hydrogen-bond donors (Lipinski definition) is 2. The first-order valence-corrected chi connectivity index (χ1v) is 4.85. The van der Waals surface area contributed by atoms with E-state index in [0.29, 0.717) is 25.5 Å². The van der Waals surface area contributed by atoms with E-state index >= 15 is 0 Å². The zero-order chi connectivity index (χ0) is 10.8. The van der Waals surface area contributed by atoms with E-state index in [1.54, 1.807) is 0 Å². The van der Waals surface area contributed by atoms with Crippen molar-refractivity contribution in [3.05, 3.63) is 16.2 Å². The largest absolute Gasteiger partial charge is 0.481 e. The molecule has 0 fully saturated rings. The highest BCUT2D eigenvalue weighted by molar-refractivity contribution is 5.66. The maximum Gasteiger partial charge on any atom is 0.328 e. The molecule has 0 spiro atoms. The number of aromatic nitrogens is 2. The Morgan fingerprint density at radius 3 is 3.13 bits per heavy atom. The van der Waals surface area contributed by atoms with E-state index in [1.165, 1.54) is 4.57 Å². The molecule has 1 aromatic heterocycles. The van der Waals surface area contributed by atoms with E-state index in [0.717, 1.165) is 12.1 Å². The Morgan fingerprint density at radius 1 is 1.60 bits per heavy atom. The average molecular weight is 212 g/mol. The van der Waals surface area contributed by atoms with Crippen LogP contribution < -0.4 is 10.4 Å². The molecule has 0 bridgehead atoms. The first kappa shape index (κ1) is 9.82. The van der Waals surface area contributed by atoms with Crippen LogP contribution in [0.25, 0.3) is 0 Å². The van der Waals surface area contributed by atoms with Crippen LogP contribution in [-0.2, 0) is 17.8 Å². The summed E-state index contributed by atoms with van der Waals surface area (Å²) in [7, 11) is 0. The summed E-state index contributed by atoms with van der Waals surface area (Å²) in [6.45, 7) is 0.970. The van der Waals surface area contributed by atoms with Crippen LogP contribution in [0, 0.1) is 0 Å². The van der Waals surface area contributed by atoms with Crippen LogP contribution in [0.3, 0.4) is 0 Å². The normalized spacial score (nSPS) is 13.6. The zero-order valence-corrected chi connectivity index (χ0v) is 8.15. The molecule has 0 saturated carbocycles. The summed E-state index contributed by atoms with van der Waals surface area (Å²) in [5.41, 5.74) is 0.598. The van der Waals surface area contributed by atoms with Crippen molar-refractivity contribution in [2.75, 3.05) is 6.61 Å². The number of imidazole rings is 1. The molecular weight excluding hydrogens is 200 g/mol. The van der Waals surface area contributed by atoms with Crippen molar-refractivity contribution < 1.29 is 14.6 Å². The molecule has 1 aromatic rings. The first-order valence-electron chi connectivity index (χ1n) is 4.85. The fourth-order valence-electron chi connectivity index (χ4n) is 1.68. The minimum Gasteiger partial charge on any atom is -0.481 e. The second-order valence-electron chi connectivity index (χ2n) is 3.46. The standard InChI is InChI=1S/C9H12N2O4/c12-7(13)2-1-4-11-8-6(3-5-15-8)10-9(11)14/h1-5H2,(H,10,14)(H,12,13). The summed E-state index contributed by atoms with van der Waals surface area (Å²) in [6.07, 6.45) is 1.21. The molecule has 82 valence electrons. The van der Waals surface area contributed by atoms with E-state index < -0.39 is 5.97 Å². The lowest BCUT2D eigenvalue weighted by Gasteiger charge is -2.03. The first-order chi connectivity index (χ1) is 7.18. The number of fused-ring (bicyclic) bond motifs is 1. The summed E-state index contributed by atoms with van der Waals surface area (Å²) in [5, 5.41) is 8.48. The molecule has 2 rings (SSSR count). The van der Waals surface area contributed by atoms with Gasteiger partial charge in [0.05, 0.1) is 12.3 Å². The van der Waals surface area contributed by atoms with E-state index in [-0.39, 0.29) is 12.1 Å². The number of carboxylic acid groups (broad SMARTS) is 1. The number of hydrogen-bond acceptors (Lipinski definition) is 3. The second-order valence-corrected chi connectivity index (χ2v) is 3.46. The number of aromatic amines is 1. The lowest BCUT2D eigenvalue weighted by Crippen LogP contribution is -2.19. The van der Waals surface area contributed by atoms with Gasteiger partial charge in [0.1, 0.15) is 0 Å². The van der Waals surface area contributed by atoms with Crippen molar-refractivity contribution in [2.45, 2.75) is 25.8 Å². The summed E-state index contributed by atoms with van der Waals surface area (Å²) < 4.78 is 6.76. The van der Waals surface area contributed by atoms with Crippen molar-refractivity contribution in [3.8, 4) is 5.88 Å².